The highest BCUT2D eigenvalue weighted by Gasteiger charge is 1.90. The van der Waals surface area contributed by atoms with Gasteiger partial charge in [-0.05, 0) is 6.42 Å². The average Bonchev–Trinajstić information content (AvgIpc) is 2.19. The summed E-state index contributed by atoms with van der Waals surface area (Å²) < 4.78 is 0. The molecule has 1 rings (SSSR count). The molecule has 1 radical (unpaired) electrons. The second-order valence-electron chi connectivity index (χ2n) is 1.44. The minimum absolute atomic E-state index is 0.912. The second-order valence-corrected chi connectivity index (χ2v) is 2.35. The van der Waals surface area contributed by atoms with Gasteiger partial charge < -0.3 is 0 Å². The lowest BCUT2D eigenvalue weighted by Gasteiger charge is -1.82. The lowest BCUT2D eigenvalue weighted by molar-refractivity contribution is 0.925. The Kier molecular flexibility index (Phi) is 1.97. The molecule has 43 valence electrons. The molecule has 0 amide bonds. The quantitative estimate of drug-likeness (QED) is 0.598. The van der Waals surface area contributed by atoms with Crippen LogP contribution < -0.4 is 0 Å². The van der Waals surface area contributed by atoms with Gasteiger partial charge in [0.05, 0.1) is 0 Å². The van der Waals surface area contributed by atoms with E-state index in [2.05, 4.69) is 17.1 Å². The van der Waals surface area contributed by atoms with Crippen molar-refractivity contribution in [3.63, 3.8) is 0 Å². The summed E-state index contributed by atoms with van der Waals surface area (Å²) in [6.45, 7) is 3.70. The maximum atomic E-state index is 3.83. The number of nitrogens with zero attached hydrogens (tertiary/aromatic N) is 2. The Balaban J connectivity index is 2.50. The highest BCUT2D eigenvalue weighted by Crippen LogP contribution is 2.02. The van der Waals surface area contributed by atoms with Crippen molar-refractivity contribution in [1.82, 2.24) is 10.2 Å². The average molecular weight is 127 g/mol. The first-order chi connectivity index (χ1) is 3.93. The summed E-state index contributed by atoms with van der Waals surface area (Å²) in [5.41, 5.74) is 1.74. The van der Waals surface area contributed by atoms with Crippen molar-refractivity contribution in [3.05, 3.63) is 17.4 Å². The van der Waals surface area contributed by atoms with E-state index >= 15 is 0 Å². The van der Waals surface area contributed by atoms with E-state index in [1.807, 2.05) is 0 Å². The summed E-state index contributed by atoms with van der Waals surface area (Å²) >= 11 is 1.59. The van der Waals surface area contributed by atoms with E-state index in [0.29, 0.717) is 0 Å². The van der Waals surface area contributed by atoms with E-state index in [9.17, 15) is 0 Å². The molecule has 0 N–H and O–H groups in total. The van der Waals surface area contributed by atoms with Crippen molar-refractivity contribution in [3.8, 4) is 0 Å². The summed E-state index contributed by atoms with van der Waals surface area (Å²) in [5, 5.41) is 8.60. The molecule has 0 unspecified atom stereocenters. The maximum absolute atomic E-state index is 3.83. The van der Waals surface area contributed by atoms with Gasteiger partial charge in [0.15, 0.2) is 0 Å². The van der Waals surface area contributed by atoms with Crippen LogP contribution in [0.25, 0.3) is 0 Å². The summed E-state index contributed by atoms with van der Waals surface area (Å²) in [6, 6.07) is 0. The van der Waals surface area contributed by atoms with E-state index in [-0.39, 0.29) is 0 Å². The number of hydrogen-bond donors (Lipinski definition) is 0. The Morgan fingerprint density at radius 3 is 3.12 bits per heavy atom. The third-order valence-corrected chi connectivity index (χ3v) is 1.55. The van der Waals surface area contributed by atoms with Crippen molar-refractivity contribution in [2.75, 3.05) is 0 Å². The smallest absolute Gasteiger partial charge is 0.117 e. The normalized spacial score (nSPS) is 9.62. The fraction of sp³-hybridized carbons (Fsp3) is 0.400. The predicted octanol–water partition coefficient (Wildman–Crippen LogP) is 1.30. The molecule has 0 saturated carbocycles. The molecule has 0 saturated heterocycles. The first-order valence-electron chi connectivity index (χ1n) is 2.48. The molecule has 0 atom stereocenters. The van der Waals surface area contributed by atoms with Crippen LogP contribution in [0.3, 0.4) is 0 Å². The third kappa shape index (κ3) is 1.26. The molecule has 0 spiro atoms. The molecule has 0 aliphatic carbocycles. The van der Waals surface area contributed by atoms with E-state index in [1.54, 1.807) is 16.8 Å². The SMILES string of the molecule is [CH2]CCc1nncs1. The van der Waals surface area contributed by atoms with Crippen LogP contribution in [0.1, 0.15) is 11.4 Å². The molecule has 0 aliphatic rings. The van der Waals surface area contributed by atoms with Crippen LogP contribution in [-0.2, 0) is 6.42 Å². The van der Waals surface area contributed by atoms with Gasteiger partial charge in [-0.3, -0.25) is 0 Å². The van der Waals surface area contributed by atoms with Gasteiger partial charge in [-0.1, -0.05) is 6.92 Å². The molecule has 1 aromatic heterocycles. The van der Waals surface area contributed by atoms with Crippen LogP contribution in [0.15, 0.2) is 5.51 Å². The first kappa shape index (κ1) is 5.69. The van der Waals surface area contributed by atoms with Gasteiger partial charge in [0.2, 0.25) is 0 Å². The van der Waals surface area contributed by atoms with Crippen LogP contribution in [-0.4, -0.2) is 10.2 Å². The summed E-state index contributed by atoms with van der Waals surface area (Å²) in [4.78, 5) is 0. The molecule has 0 fully saturated rings. The van der Waals surface area contributed by atoms with Gasteiger partial charge in [0.25, 0.3) is 0 Å². The van der Waals surface area contributed by atoms with E-state index < -0.39 is 0 Å². The highest BCUT2D eigenvalue weighted by atomic mass is 32.1. The lowest BCUT2D eigenvalue weighted by atomic mass is 10.4. The van der Waals surface area contributed by atoms with Gasteiger partial charge in [0.1, 0.15) is 10.5 Å². The van der Waals surface area contributed by atoms with Crippen molar-refractivity contribution in [1.29, 1.82) is 0 Å². The summed E-state index contributed by atoms with van der Waals surface area (Å²) in [7, 11) is 0. The number of rotatable bonds is 2. The number of hydrogen-bond acceptors (Lipinski definition) is 3. The zero-order valence-corrected chi connectivity index (χ0v) is 5.32. The van der Waals surface area contributed by atoms with E-state index in [0.717, 1.165) is 17.8 Å². The van der Waals surface area contributed by atoms with Gasteiger partial charge in [0, 0.05) is 6.42 Å². The number of aromatic nitrogens is 2. The van der Waals surface area contributed by atoms with Gasteiger partial charge in [-0.15, -0.1) is 21.5 Å². The third-order valence-electron chi connectivity index (χ3n) is 0.796. The Hall–Kier alpha value is -0.440. The van der Waals surface area contributed by atoms with Crippen molar-refractivity contribution in [2.45, 2.75) is 12.8 Å². The Morgan fingerprint density at radius 2 is 2.62 bits per heavy atom. The monoisotopic (exact) mass is 127 g/mol. The molecule has 1 aromatic rings. The molecule has 1 heterocycles. The van der Waals surface area contributed by atoms with E-state index in [4.69, 9.17) is 0 Å². The van der Waals surface area contributed by atoms with Crippen molar-refractivity contribution >= 4 is 11.3 Å². The molecule has 3 heteroatoms. The van der Waals surface area contributed by atoms with Crippen LogP contribution >= 0.6 is 11.3 Å². The van der Waals surface area contributed by atoms with Crippen LogP contribution in [0.2, 0.25) is 0 Å². The molecule has 0 bridgehead atoms. The highest BCUT2D eigenvalue weighted by molar-refractivity contribution is 7.09. The fourth-order valence-electron chi connectivity index (χ4n) is 0.456. The largest absolute Gasteiger partial charge is 0.147 e. The van der Waals surface area contributed by atoms with Crippen LogP contribution in [0, 0.1) is 6.92 Å². The topological polar surface area (TPSA) is 25.8 Å². The number of aryl methyl sites for hydroxylation is 1. The summed E-state index contributed by atoms with van der Waals surface area (Å²) in [6.07, 6.45) is 1.87. The molecular weight excluding hydrogens is 120 g/mol. The molecule has 0 aromatic carbocycles. The van der Waals surface area contributed by atoms with Crippen molar-refractivity contribution < 1.29 is 0 Å². The van der Waals surface area contributed by atoms with E-state index in [1.165, 1.54) is 0 Å². The Labute approximate surface area is 52.6 Å². The Morgan fingerprint density at radius 1 is 1.75 bits per heavy atom. The second kappa shape index (κ2) is 2.77. The van der Waals surface area contributed by atoms with Crippen molar-refractivity contribution in [2.24, 2.45) is 0 Å². The molecule has 2 nitrogen and oxygen atoms in total. The van der Waals surface area contributed by atoms with Crippen LogP contribution in [0.5, 0.6) is 0 Å². The lowest BCUT2D eigenvalue weighted by Crippen LogP contribution is -1.79. The summed E-state index contributed by atoms with van der Waals surface area (Å²) in [5.74, 6) is 0. The van der Waals surface area contributed by atoms with Crippen LogP contribution in [0.4, 0.5) is 0 Å². The zero-order valence-electron chi connectivity index (χ0n) is 4.50. The fourth-order valence-corrected chi connectivity index (χ4v) is 1.03. The molecule has 8 heavy (non-hydrogen) atoms. The first-order valence-corrected chi connectivity index (χ1v) is 3.35. The predicted molar refractivity (Wildman–Crippen MR) is 33.6 cm³/mol. The molecule has 0 aliphatic heterocycles. The minimum atomic E-state index is 0.912. The molecular formula is C5H7N2S. The standard InChI is InChI=1S/C5H7N2S/c1-2-3-5-7-6-4-8-5/h4H,1-3H2. The van der Waals surface area contributed by atoms with Gasteiger partial charge in [-0.25, -0.2) is 0 Å². The zero-order chi connectivity index (χ0) is 5.82. The maximum Gasteiger partial charge on any atom is 0.117 e. The van der Waals surface area contributed by atoms with Gasteiger partial charge >= 0.3 is 0 Å². The minimum Gasteiger partial charge on any atom is -0.147 e. The van der Waals surface area contributed by atoms with Gasteiger partial charge in [-0.2, -0.15) is 0 Å². The Bertz CT molecular complexity index is 136.